The zero-order chi connectivity index (χ0) is 18.8. The molecule has 1 atom stereocenters. The number of alkyl halides is 1. The lowest BCUT2D eigenvalue weighted by molar-refractivity contribution is -0.130. The van der Waals surface area contributed by atoms with Crippen LogP contribution >= 0.6 is 11.6 Å². The van der Waals surface area contributed by atoms with E-state index in [1.807, 2.05) is 0 Å². The molecule has 5 heteroatoms. The maximum absolute atomic E-state index is 11.9. The van der Waals surface area contributed by atoms with Gasteiger partial charge in [0.1, 0.15) is 5.88 Å². The number of carbonyl (C=O) groups excluding carboxylic acids is 1. The minimum absolute atomic E-state index is 0.00667. The predicted octanol–water partition coefficient (Wildman–Crippen LogP) is 4.46. The third kappa shape index (κ3) is 15.6. The number of carbonyl (C=O) groups is 1. The van der Waals surface area contributed by atoms with E-state index in [2.05, 4.69) is 6.92 Å². The lowest BCUT2D eigenvalue weighted by Crippen LogP contribution is -2.39. The van der Waals surface area contributed by atoms with Crippen molar-refractivity contribution in [2.75, 3.05) is 25.5 Å². The van der Waals surface area contributed by atoms with Crippen molar-refractivity contribution in [1.29, 1.82) is 0 Å². The summed E-state index contributed by atoms with van der Waals surface area (Å²) in [6.07, 6.45) is 14.6. The van der Waals surface area contributed by atoms with Crippen molar-refractivity contribution in [1.82, 2.24) is 4.90 Å². The van der Waals surface area contributed by atoms with Gasteiger partial charge in [0.25, 0.3) is 0 Å². The first kappa shape index (κ1) is 24.7. The summed E-state index contributed by atoms with van der Waals surface area (Å²) in [4.78, 5) is 13.7. The van der Waals surface area contributed by atoms with E-state index < -0.39 is 6.10 Å². The lowest BCUT2D eigenvalue weighted by Gasteiger charge is -2.25. The van der Waals surface area contributed by atoms with Gasteiger partial charge in [-0.1, -0.05) is 71.1 Å². The number of hydrogen-bond donors (Lipinski definition) is 2. The molecule has 1 unspecified atom stereocenters. The third-order valence-electron chi connectivity index (χ3n) is 4.67. The smallest absolute Gasteiger partial charge is 0.237 e. The summed E-state index contributed by atoms with van der Waals surface area (Å²) in [5, 5.41) is 10.2. The van der Waals surface area contributed by atoms with E-state index in [-0.39, 0.29) is 11.8 Å². The number of hydrogen-bond acceptors (Lipinski definition) is 3. The summed E-state index contributed by atoms with van der Waals surface area (Å²) in [6.45, 7) is 4.06. The molecule has 0 radical (unpaired) electrons. The molecule has 0 fully saturated rings. The Kier molecular flexibility index (Phi) is 18.2. The van der Waals surface area contributed by atoms with Gasteiger partial charge in [0.05, 0.1) is 6.10 Å². The zero-order valence-electron chi connectivity index (χ0n) is 16.4. The topological polar surface area (TPSA) is 66.6 Å². The Bertz CT molecular complexity index is 303. The van der Waals surface area contributed by atoms with Gasteiger partial charge in [0.15, 0.2) is 0 Å². The Morgan fingerprint density at radius 3 is 2.12 bits per heavy atom. The second-order valence-corrected chi connectivity index (χ2v) is 7.36. The highest BCUT2D eigenvalue weighted by Gasteiger charge is 2.16. The molecular formula is C20H41ClN2O2. The van der Waals surface area contributed by atoms with Crippen LogP contribution in [0.2, 0.25) is 0 Å². The highest BCUT2D eigenvalue weighted by atomic mass is 35.5. The van der Waals surface area contributed by atoms with E-state index in [1.54, 1.807) is 4.90 Å². The molecule has 0 aliphatic rings. The minimum atomic E-state index is -0.434. The average molecular weight is 377 g/mol. The Hall–Kier alpha value is -0.320. The van der Waals surface area contributed by atoms with Crippen LogP contribution in [0.3, 0.4) is 0 Å². The van der Waals surface area contributed by atoms with Crippen molar-refractivity contribution in [2.24, 2.45) is 5.73 Å². The zero-order valence-corrected chi connectivity index (χ0v) is 17.1. The van der Waals surface area contributed by atoms with Crippen molar-refractivity contribution in [3.05, 3.63) is 0 Å². The van der Waals surface area contributed by atoms with Crippen LogP contribution in [-0.4, -0.2) is 47.5 Å². The summed E-state index contributed by atoms with van der Waals surface area (Å²) in [7, 11) is 0. The van der Waals surface area contributed by atoms with Gasteiger partial charge in [-0.3, -0.25) is 4.79 Å². The standard InChI is InChI=1S/C20H41ClN2O2/c1-2-3-4-5-6-7-8-11-14-19(24)18-23(20(25)17-21)16-13-10-9-12-15-22/h19,24H,2-18,22H2,1H3. The van der Waals surface area contributed by atoms with E-state index in [0.717, 1.165) is 45.1 Å². The Balaban J connectivity index is 3.82. The fourth-order valence-corrected chi connectivity index (χ4v) is 3.23. The number of nitrogens with zero attached hydrogens (tertiary/aromatic N) is 1. The van der Waals surface area contributed by atoms with Crippen LogP contribution in [-0.2, 0) is 4.79 Å². The highest BCUT2D eigenvalue weighted by molar-refractivity contribution is 6.27. The van der Waals surface area contributed by atoms with Crippen molar-refractivity contribution < 1.29 is 9.90 Å². The van der Waals surface area contributed by atoms with Gasteiger partial charge in [-0.2, -0.15) is 0 Å². The predicted molar refractivity (Wildman–Crippen MR) is 108 cm³/mol. The van der Waals surface area contributed by atoms with Crippen LogP contribution in [0.15, 0.2) is 0 Å². The SMILES string of the molecule is CCCCCCCCCCC(O)CN(CCCCCCN)C(=O)CCl. The van der Waals surface area contributed by atoms with Crippen LogP contribution in [0.1, 0.15) is 90.4 Å². The number of amides is 1. The van der Waals surface area contributed by atoms with Crippen LogP contribution < -0.4 is 5.73 Å². The number of rotatable bonds is 18. The number of nitrogens with two attached hydrogens (primary N) is 1. The summed E-state index contributed by atoms with van der Waals surface area (Å²) >= 11 is 5.70. The minimum Gasteiger partial charge on any atom is -0.391 e. The molecule has 3 N–H and O–H groups in total. The monoisotopic (exact) mass is 376 g/mol. The van der Waals surface area contributed by atoms with Gasteiger partial charge in [-0.15, -0.1) is 11.6 Å². The molecule has 0 saturated carbocycles. The van der Waals surface area contributed by atoms with Crippen LogP contribution in [0.5, 0.6) is 0 Å². The first-order chi connectivity index (χ1) is 12.2. The second-order valence-electron chi connectivity index (χ2n) is 7.09. The van der Waals surface area contributed by atoms with Crippen LogP contribution in [0, 0.1) is 0 Å². The molecule has 4 nitrogen and oxygen atoms in total. The fourth-order valence-electron chi connectivity index (χ4n) is 3.06. The van der Waals surface area contributed by atoms with Crippen molar-refractivity contribution in [3.63, 3.8) is 0 Å². The van der Waals surface area contributed by atoms with Gasteiger partial charge in [-0.25, -0.2) is 0 Å². The normalized spacial score (nSPS) is 12.3. The molecule has 0 aromatic rings. The molecule has 0 aliphatic carbocycles. The quantitative estimate of drug-likeness (QED) is 0.274. The lowest BCUT2D eigenvalue weighted by atomic mass is 10.1. The molecule has 0 bridgehead atoms. The van der Waals surface area contributed by atoms with Gasteiger partial charge >= 0.3 is 0 Å². The molecule has 0 aromatic carbocycles. The van der Waals surface area contributed by atoms with E-state index in [4.69, 9.17) is 17.3 Å². The third-order valence-corrected chi connectivity index (χ3v) is 4.90. The molecule has 0 saturated heterocycles. The fraction of sp³-hybridized carbons (Fsp3) is 0.950. The molecule has 0 aromatic heterocycles. The van der Waals surface area contributed by atoms with Crippen molar-refractivity contribution in [2.45, 2.75) is 96.5 Å². The first-order valence-corrected chi connectivity index (χ1v) is 10.9. The molecule has 25 heavy (non-hydrogen) atoms. The van der Waals surface area contributed by atoms with Crippen LogP contribution in [0.4, 0.5) is 0 Å². The number of halogens is 1. The van der Waals surface area contributed by atoms with Gasteiger partial charge in [0, 0.05) is 13.1 Å². The van der Waals surface area contributed by atoms with E-state index in [0.29, 0.717) is 13.1 Å². The number of aliphatic hydroxyl groups excluding tert-OH is 1. The molecular weight excluding hydrogens is 336 g/mol. The number of unbranched alkanes of at least 4 members (excludes halogenated alkanes) is 10. The maximum atomic E-state index is 11.9. The maximum Gasteiger partial charge on any atom is 0.237 e. The highest BCUT2D eigenvalue weighted by Crippen LogP contribution is 2.12. The Labute approximate surface area is 160 Å². The van der Waals surface area contributed by atoms with Crippen molar-refractivity contribution in [3.8, 4) is 0 Å². The summed E-state index contributed by atoms with van der Waals surface area (Å²) in [5.41, 5.74) is 5.49. The molecule has 150 valence electrons. The molecule has 0 heterocycles. The van der Waals surface area contributed by atoms with E-state index in [9.17, 15) is 9.90 Å². The number of aliphatic hydroxyl groups is 1. The molecule has 0 spiro atoms. The largest absolute Gasteiger partial charge is 0.391 e. The molecule has 0 rings (SSSR count). The summed E-state index contributed by atoms with van der Waals surface area (Å²) < 4.78 is 0. The van der Waals surface area contributed by atoms with Crippen LogP contribution in [0.25, 0.3) is 0 Å². The van der Waals surface area contributed by atoms with E-state index in [1.165, 1.54) is 44.9 Å². The van der Waals surface area contributed by atoms with E-state index >= 15 is 0 Å². The molecule has 1 amide bonds. The average Bonchev–Trinajstić information content (AvgIpc) is 2.62. The Morgan fingerprint density at radius 1 is 0.960 bits per heavy atom. The van der Waals surface area contributed by atoms with Gasteiger partial charge in [-0.05, 0) is 25.8 Å². The molecule has 0 aliphatic heterocycles. The summed E-state index contributed by atoms with van der Waals surface area (Å²) in [6, 6.07) is 0. The van der Waals surface area contributed by atoms with Crippen molar-refractivity contribution >= 4 is 17.5 Å². The summed E-state index contributed by atoms with van der Waals surface area (Å²) in [5.74, 6) is -0.0803. The Morgan fingerprint density at radius 2 is 1.52 bits per heavy atom. The second kappa shape index (κ2) is 18.5. The first-order valence-electron chi connectivity index (χ1n) is 10.4. The van der Waals surface area contributed by atoms with Gasteiger partial charge in [0.2, 0.25) is 5.91 Å². The van der Waals surface area contributed by atoms with Gasteiger partial charge < -0.3 is 15.7 Å².